The minimum atomic E-state index is -0.380. The van der Waals surface area contributed by atoms with Crippen molar-refractivity contribution in [2.45, 2.75) is 50.7 Å². The number of ether oxygens (including phenoxy) is 1. The van der Waals surface area contributed by atoms with E-state index in [1.54, 1.807) is 0 Å². The first-order chi connectivity index (χ1) is 13.2. The summed E-state index contributed by atoms with van der Waals surface area (Å²) in [5.41, 5.74) is 0. The van der Waals surface area contributed by atoms with Crippen LogP contribution in [0.3, 0.4) is 0 Å². The highest BCUT2D eigenvalue weighted by Crippen LogP contribution is 2.16. The van der Waals surface area contributed by atoms with Gasteiger partial charge in [0.05, 0.1) is 18.8 Å². The van der Waals surface area contributed by atoms with Crippen LogP contribution in [0.25, 0.3) is 0 Å². The second-order valence-corrected chi connectivity index (χ2v) is 7.51. The Kier molecular flexibility index (Phi) is 7.78. The molecule has 3 rings (SSSR count). The number of fused-ring (bicyclic) bond motifs is 1. The number of aliphatic hydroxyl groups excluding tert-OH is 2. The van der Waals surface area contributed by atoms with Gasteiger partial charge in [-0.15, -0.1) is 0 Å². The molecule has 27 heavy (non-hydrogen) atoms. The molecular formula is C21H33N3O3. The van der Waals surface area contributed by atoms with E-state index in [2.05, 4.69) is 14.8 Å². The summed E-state index contributed by atoms with van der Waals surface area (Å²) in [6.45, 7) is 5.20. The first kappa shape index (κ1) is 20.0. The number of para-hydroxylation sites is 1. The van der Waals surface area contributed by atoms with E-state index < -0.39 is 0 Å². The van der Waals surface area contributed by atoms with E-state index in [1.807, 2.05) is 30.3 Å². The van der Waals surface area contributed by atoms with Crippen molar-refractivity contribution >= 4 is 5.96 Å². The molecule has 0 amide bonds. The molecule has 6 heteroatoms. The second-order valence-electron chi connectivity index (χ2n) is 7.51. The standard InChI is InChI=1S/C21H33N3O3/c25-18(11-16-27-20-9-2-1-3-10-20)7-4-8-19(26)17-24-15-6-14-23-13-5-12-22-21(23)24/h1-3,9-10,18-19,25-26H,4-8,11-17H2. The molecule has 0 aliphatic carbocycles. The number of β-amino-alcohol motifs (C(OH)–C–C–N with tert-alkyl or cyclic N) is 1. The summed E-state index contributed by atoms with van der Waals surface area (Å²) < 4.78 is 5.62. The van der Waals surface area contributed by atoms with Gasteiger partial charge in [0.2, 0.25) is 0 Å². The predicted molar refractivity (Wildman–Crippen MR) is 107 cm³/mol. The molecule has 6 nitrogen and oxygen atoms in total. The number of benzene rings is 1. The zero-order valence-electron chi connectivity index (χ0n) is 16.2. The molecule has 0 bridgehead atoms. The molecule has 1 aromatic carbocycles. The molecule has 2 aliphatic rings. The summed E-state index contributed by atoms with van der Waals surface area (Å²) >= 11 is 0. The van der Waals surface area contributed by atoms with Gasteiger partial charge < -0.3 is 24.7 Å². The van der Waals surface area contributed by atoms with Crippen LogP contribution in [0.4, 0.5) is 0 Å². The van der Waals surface area contributed by atoms with Gasteiger partial charge in [-0.1, -0.05) is 18.2 Å². The second kappa shape index (κ2) is 10.5. The monoisotopic (exact) mass is 375 g/mol. The summed E-state index contributed by atoms with van der Waals surface area (Å²) in [6.07, 6.45) is 4.34. The zero-order valence-corrected chi connectivity index (χ0v) is 16.2. The Morgan fingerprint density at radius 1 is 0.963 bits per heavy atom. The normalized spacial score (nSPS) is 19.3. The quantitative estimate of drug-likeness (QED) is 0.656. The van der Waals surface area contributed by atoms with Crippen molar-refractivity contribution in [3.8, 4) is 5.75 Å². The Morgan fingerprint density at radius 3 is 2.59 bits per heavy atom. The largest absolute Gasteiger partial charge is 0.493 e. The van der Waals surface area contributed by atoms with Gasteiger partial charge in [-0.05, 0) is 44.2 Å². The molecule has 0 spiro atoms. The summed E-state index contributed by atoms with van der Waals surface area (Å²) in [5.74, 6) is 1.91. The summed E-state index contributed by atoms with van der Waals surface area (Å²) in [5, 5.41) is 20.5. The van der Waals surface area contributed by atoms with Gasteiger partial charge in [0.1, 0.15) is 5.75 Å². The Morgan fingerprint density at radius 2 is 1.74 bits per heavy atom. The molecule has 1 fully saturated rings. The Balaban J connectivity index is 1.29. The first-order valence-corrected chi connectivity index (χ1v) is 10.3. The van der Waals surface area contributed by atoms with Gasteiger partial charge in [0.25, 0.3) is 0 Å². The van der Waals surface area contributed by atoms with Crippen molar-refractivity contribution in [2.24, 2.45) is 4.99 Å². The molecule has 0 radical (unpaired) electrons. The lowest BCUT2D eigenvalue weighted by atomic mass is 10.1. The Labute approximate surface area is 162 Å². The van der Waals surface area contributed by atoms with Gasteiger partial charge >= 0.3 is 0 Å². The lowest BCUT2D eigenvalue weighted by Crippen LogP contribution is -2.54. The third-order valence-electron chi connectivity index (χ3n) is 5.23. The molecule has 2 N–H and O–H groups in total. The predicted octanol–water partition coefficient (Wildman–Crippen LogP) is 2.11. The first-order valence-electron chi connectivity index (χ1n) is 10.3. The molecule has 2 atom stereocenters. The fourth-order valence-corrected chi connectivity index (χ4v) is 3.79. The fraction of sp³-hybridized carbons (Fsp3) is 0.667. The molecule has 1 aromatic rings. The van der Waals surface area contributed by atoms with Gasteiger partial charge in [-0.3, -0.25) is 4.99 Å². The third-order valence-corrected chi connectivity index (χ3v) is 5.23. The van der Waals surface area contributed by atoms with Crippen LogP contribution in [-0.4, -0.2) is 77.5 Å². The third kappa shape index (κ3) is 6.40. The van der Waals surface area contributed by atoms with E-state index in [1.165, 1.54) is 0 Å². The maximum absolute atomic E-state index is 10.4. The van der Waals surface area contributed by atoms with Crippen LogP contribution in [0.15, 0.2) is 35.3 Å². The highest BCUT2D eigenvalue weighted by molar-refractivity contribution is 5.81. The maximum Gasteiger partial charge on any atom is 0.196 e. The number of nitrogens with zero attached hydrogens (tertiary/aromatic N) is 3. The number of guanidine groups is 1. The number of hydrogen-bond acceptors (Lipinski definition) is 6. The van der Waals surface area contributed by atoms with Crippen molar-refractivity contribution in [1.29, 1.82) is 0 Å². The molecule has 0 saturated carbocycles. The lowest BCUT2D eigenvalue weighted by molar-refractivity contribution is 0.0981. The van der Waals surface area contributed by atoms with Crippen molar-refractivity contribution in [3.63, 3.8) is 0 Å². The van der Waals surface area contributed by atoms with E-state index >= 15 is 0 Å². The average molecular weight is 376 g/mol. The van der Waals surface area contributed by atoms with E-state index in [0.717, 1.165) is 57.2 Å². The molecular weight excluding hydrogens is 342 g/mol. The minimum Gasteiger partial charge on any atom is -0.493 e. The maximum atomic E-state index is 10.4. The number of aliphatic imine (C=N–C) groups is 1. The van der Waals surface area contributed by atoms with Crippen molar-refractivity contribution in [3.05, 3.63) is 30.3 Å². The molecule has 2 heterocycles. The SMILES string of the molecule is OC(CCCC(O)CN1CCCN2CCCN=C21)CCOc1ccccc1. The minimum absolute atomic E-state index is 0.373. The zero-order chi connectivity index (χ0) is 18.9. The van der Waals surface area contributed by atoms with Crippen LogP contribution in [0.1, 0.15) is 38.5 Å². The summed E-state index contributed by atoms with van der Waals surface area (Å²) in [6, 6.07) is 9.67. The molecule has 150 valence electrons. The van der Waals surface area contributed by atoms with Crippen LogP contribution >= 0.6 is 0 Å². The van der Waals surface area contributed by atoms with Crippen LogP contribution < -0.4 is 4.74 Å². The van der Waals surface area contributed by atoms with E-state index in [0.29, 0.717) is 32.4 Å². The highest BCUT2D eigenvalue weighted by Gasteiger charge is 2.26. The highest BCUT2D eigenvalue weighted by atomic mass is 16.5. The van der Waals surface area contributed by atoms with Gasteiger partial charge in [-0.2, -0.15) is 0 Å². The van der Waals surface area contributed by atoms with Crippen LogP contribution in [0, 0.1) is 0 Å². The van der Waals surface area contributed by atoms with Gasteiger partial charge in [0, 0.05) is 39.1 Å². The van der Waals surface area contributed by atoms with E-state index in [9.17, 15) is 10.2 Å². The molecule has 2 aliphatic heterocycles. The van der Waals surface area contributed by atoms with Crippen LogP contribution in [0.5, 0.6) is 5.75 Å². The fourth-order valence-electron chi connectivity index (χ4n) is 3.79. The van der Waals surface area contributed by atoms with E-state index in [-0.39, 0.29) is 12.2 Å². The average Bonchev–Trinajstić information content (AvgIpc) is 2.69. The molecule has 0 aromatic heterocycles. The van der Waals surface area contributed by atoms with Crippen LogP contribution in [0.2, 0.25) is 0 Å². The van der Waals surface area contributed by atoms with Crippen LogP contribution in [-0.2, 0) is 0 Å². The number of aliphatic hydroxyl groups is 2. The van der Waals surface area contributed by atoms with E-state index in [4.69, 9.17) is 4.74 Å². The van der Waals surface area contributed by atoms with Crippen molar-refractivity contribution in [2.75, 3.05) is 39.3 Å². The summed E-state index contributed by atoms with van der Waals surface area (Å²) in [7, 11) is 0. The molecule has 1 saturated heterocycles. The topological polar surface area (TPSA) is 68.5 Å². The smallest absolute Gasteiger partial charge is 0.196 e. The summed E-state index contributed by atoms with van der Waals surface area (Å²) in [4.78, 5) is 9.23. The number of rotatable bonds is 10. The Bertz CT molecular complexity index is 581. The van der Waals surface area contributed by atoms with Gasteiger partial charge in [0.15, 0.2) is 5.96 Å². The lowest BCUT2D eigenvalue weighted by Gasteiger charge is -2.41. The van der Waals surface area contributed by atoms with Crippen molar-refractivity contribution < 1.29 is 14.9 Å². The Hall–Kier alpha value is -1.79. The van der Waals surface area contributed by atoms with Crippen molar-refractivity contribution in [1.82, 2.24) is 9.80 Å². The number of hydrogen-bond donors (Lipinski definition) is 2. The molecule has 2 unspecified atom stereocenters. The van der Waals surface area contributed by atoms with Gasteiger partial charge in [-0.25, -0.2) is 0 Å².